The Hall–Kier alpha value is -0.600. The highest BCUT2D eigenvalue weighted by molar-refractivity contribution is 7.92. The summed E-state index contributed by atoms with van der Waals surface area (Å²) in [6, 6.07) is 2.04. The van der Waals surface area contributed by atoms with Crippen LogP contribution in [0.3, 0.4) is 0 Å². The average Bonchev–Trinajstić information content (AvgIpc) is 2.82. The van der Waals surface area contributed by atoms with Crippen molar-refractivity contribution in [2.75, 3.05) is 19.5 Å². The number of hydrogen-bond acceptors (Lipinski definition) is 4. The highest BCUT2D eigenvalue weighted by Gasteiger charge is 2.61. The molecule has 0 saturated heterocycles. The summed E-state index contributed by atoms with van der Waals surface area (Å²) in [4.78, 5) is 0. The van der Waals surface area contributed by atoms with E-state index in [1.807, 2.05) is 6.07 Å². The van der Waals surface area contributed by atoms with Gasteiger partial charge in [-0.1, -0.05) is 6.92 Å². The van der Waals surface area contributed by atoms with Gasteiger partial charge in [0, 0.05) is 12.9 Å². The van der Waals surface area contributed by atoms with Crippen LogP contribution in [0.2, 0.25) is 0 Å². The molecule has 0 aromatic heterocycles. The molecular formula is C8H13NO3S. The molecule has 0 radical (unpaired) electrons. The van der Waals surface area contributed by atoms with Crippen LogP contribution in [0.15, 0.2) is 0 Å². The fourth-order valence-electron chi connectivity index (χ4n) is 1.50. The van der Waals surface area contributed by atoms with Gasteiger partial charge in [0.25, 0.3) is 0 Å². The van der Waals surface area contributed by atoms with Crippen LogP contribution < -0.4 is 0 Å². The Bertz CT molecular complexity index is 330. The molecule has 2 atom stereocenters. The fourth-order valence-corrected chi connectivity index (χ4v) is 3.27. The first-order chi connectivity index (χ1) is 6.02. The molecule has 0 aliphatic heterocycles. The van der Waals surface area contributed by atoms with Crippen LogP contribution >= 0.6 is 0 Å². The first-order valence-electron chi connectivity index (χ1n) is 4.14. The quantitative estimate of drug-likeness (QED) is 0.661. The van der Waals surface area contributed by atoms with Crippen LogP contribution in [0.4, 0.5) is 0 Å². The summed E-state index contributed by atoms with van der Waals surface area (Å²) < 4.78 is 27.7. The van der Waals surface area contributed by atoms with Crippen LogP contribution in [0, 0.1) is 16.7 Å². The van der Waals surface area contributed by atoms with E-state index in [9.17, 15) is 8.42 Å². The summed E-state index contributed by atoms with van der Waals surface area (Å²) in [6.45, 7) is 1.82. The lowest BCUT2D eigenvalue weighted by Gasteiger charge is -2.06. The molecule has 0 N–H and O–H groups in total. The van der Waals surface area contributed by atoms with Gasteiger partial charge in [0.2, 0.25) is 0 Å². The van der Waals surface area contributed by atoms with Crippen LogP contribution in [0.25, 0.3) is 0 Å². The first-order valence-corrected chi connectivity index (χ1v) is 5.85. The van der Waals surface area contributed by atoms with Crippen LogP contribution in [-0.4, -0.2) is 33.1 Å². The van der Waals surface area contributed by atoms with Gasteiger partial charge in [-0.2, -0.15) is 5.26 Å². The van der Waals surface area contributed by atoms with E-state index in [-0.39, 0.29) is 12.4 Å². The highest BCUT2D eigenvalue weighted by Crippen LogP contribution is 2.50. The third kappa shape index (κ3) is 1.69. The zero-order valence-corrected chi connectivity index (χ0v) is 8.60. The monoisotopic (exact) mass is 203 g/mol. The molecular weight excluding hydrogens is 190 g/mol. The predicted molar refractivity (Wildman–Crippen MR) is 47.8 cm³/mol. The summed E-state index contributed by atoms with van der Waals surface area (Å²) >= 11 is 0. The Morgan fingerprint density at radius 3 is 2.69 bits per heavy atom. The average molecular weight is 203 g/mol. The van der Waals surface area contributed by atoms with Crippen LogP contribution in [0.5, 0.6) is 0 Å². The van der Waals surface area contributed by atoms with Crippen molar-refractivity contribution in [1.29, 1.82) is 5.26 Å². The molecule has 1 rings (SSSR count). The second-order valence-corrected chi connectivity index (χ2v) is 5.82. The largest absolute Gasteiger partial charge is 0.383 e. The van der Waals surface area contributed by atoms with Crippen molar-refractivity contribution in [2.24, 2.45) is 5.41 Å². The molecule has 0 amide bonds. The molecule has 1 aliphatic carbocycles. The molecule has 1 saturated carbocycles. The SMILES string of the molecule is CCS(=O)(=O)[C@H]1C[C@@]1(C#N)COC. The fraction of sp³-hybridized carbons (Fsp3) is 0.875. The maximum absolute atomic E-state index is 11.4. The summed E-state index contributed by atoms with van der Waals surface area (Å²) in [5.74, 6) is 0.102. The molecule has 13 heavy (non-hydrogen) atoms. The second kappa shape index (κ2) is 3.28. The first kappa shape index (κ1) is 10.5. The van der Waals surface area contributed by atoms with Gasteiger partial charge in [-0.25, -0.2) is 8.42 Å². The summed E-state index contributed by atoms with van der Waals surface area (Å²) in [5.41, 5.74) is -0.760. The summed E-state index contributed by atoms with van der Waals surface area (Å²) in [7, 11) is -1.59. The minimum Gasteiger partial charge on any atom is -0.383 e. The van der Waals surface area contributed by atoms with E-state index in [4.69, 9.17) is 10.00 Å². The molecule has 0 aromatic rings. The van der Waals surface area contributed by atoms with Gasteiger partial charge in [-0.15, -0.1) is 0 Å². The van der Waals surface area contributed by atoms with Gasteiger partial charge >= 0.3 is 0 Å². The van der Waals surface area contributed by atoms with E-state index < -0.39 is 20.5 Å². The van der Waals surface area contributed by atoms with Crippen LogP contribution in [-0.2, 0) is 14.6 Å². The van der Waals surface area contributed by atoms with Gasteiger partial charge in [0.15, 0.2) is 9.84 Å². The topological polar surface area (TPSA) is 67.2 Å². The Morgan fingerprint density at radius 1 is 1.69 bits per heavy atom. The van der Waals surface area contributed by atoms with Gasteiger partial charge in [0.05, 0.1) is 23.3 Å². The van der Waals surface area contributed by atoms with E-state index >= 15 is 0 Å². The number of ether oxygens (including phenoxy) is 1. The van der Waals surface area contributed by atoms with Crippen molar-refractivity contribution in [3.8, 4) is 6.07 Å². The lowest BCUT2D eigenvalue weighted by molar-refractivity contribution is 0.164. The van der Waals surface area contributed by atoms with Gasteiger partial charge in [-0.05, 0) is 6.42 Å². The van der Waals surface area contributed by atoms with Crippen molar-refractivity contribution in [3.05, 3.63) is 0 Å². The Kier molecular flexibility index (Phi) is 2.64. The molecule has 0 unspecified atom stereocenters. The van der Waals surface area contributed by atoms with Crippen molar-refractivity contribution in [3.63, 3.8) is 0 Å². The van der Waals surface area contributed by atoms with E-state index in [2.05, 4.69) is 0 Å². The number of rotatable bonds is 4. The van der Waals surface area contributed by atoms with Gasteiger partial charge in [0.1, 0.15) is 0 Å². The summed E-state index contributed by atoms with van der Waals surface area (Å²) in [5, 5.41) is 8.32. The third-order valence-corrected chi connectivity index (χ3v) is 4.76. The molecule has 1 fully saturated rings. The Balaban J connectivity index is 2.78. The predicted octanol–water partition coefficient (Wildman–Crippen LogP) is 0.350. The number of nitrogens with zero attached hydrogens (tertiary/aromatic N) is 1. The van der Waals surface area contributed by atoms with E-state index in [0.29, 0.717) is 6.42 Å². The lowest BCUT2D eigenvalue weighted by Crippen LogP contribution is -2.20. The lowest BCUT2D eigenvalue weighted by atomic mass is 10.1. The van der Waals surface area contributed by atoms with E-state index in [1.54, 1.807) is 6.92 Å². The number of nitriles is 1. The third-order valence-electron chi connectivity index (χ3n) is 2.47. The highest BCUT2D eigenvalue weighted by atomic mass is 32.2. The Labute approximate surface area is 78.4 Å². The van der Waals surface area contributed by atoms with Crippen molar-refractivity contribution in [2.45, 2.75) is 18.6 Å². The molecule has 74 valence electrons. The second-order valence-electron chi connectivity index (χ2n) is 3.35. The number of sulfone groups is 1. The molecule has 5 heteroatoms. The minimum absolute atomic E-state index is 0.102. The van der Waals surface area contributed by atoms with Gasteiger partial charge < -0.3 is 4.74 Å². The molecule has 0 aromatic carbocycles. The molecule has 0 bridgehead atoms. The standard InChI is InChI=1S/C8H13NO3S/c1-3-13(10,11)7-4-8(7,5-9)6-12-2/h7H,3-4,6H2,1-2H3/t7-,8+/m0/s1. The molecule has 0 spiro atoms. The molecule has 1 aliphatic rings. The van der Waals surface area contributed by atoms with Gasteiger partial charge in [-0.3, -0.25) is 0 Å². The molecule has 4 nitrogen and oxygen atoms in total. The van der Waals surface area contributed by atoms with E-state index in [1.165, 1.54) is 7.11 Å². The Morgan fingerprint density at radius 2 is 2.31 bits per heavy atom. The van der Waals surface area contributed by atoms with Crippen molar-refractivity contribution < 1.29 is 13.2 Å². The maximum atomic E-state index is 11.4. The normalized spacial score (nSPS) is 32.5. The summed E-state index contributed by atoms with van der Waals surface area (Å²) in [6.07, 6.45) is 0.424. The zero-order valence-electron chi connectivity index (χ0n) is 7.78. The zero-order chi connectivity index (χ0) is 10.1. The number of hydrogen-bond donors (Lipinski definition) is 0. The maximum Gasteiger partial charge on any atom is 0.154 e. The van der Waals surface area contributed by atoms with Crippen molar-refractivity contribution in [1.82, 2.24) is 0 Å². The van der Waals surface area contributed by atoms with Crippen molar-refractivity contribution >= 4 is 9.84 Å². The van der Waals surface area contributed by atoms with E-state index in [0.717, 1.165) is 0 Å². The minimum atomic E-state index is -3.07. The smallest absolute Gasteiger partial charge is 0.154 e. The molecule has 0 heterocycles. The van der Waals surface area contributed by atoms with Crippen LogP contribution in [0.1, 0.15) is 13.3 Å². The number of methoxy groups -OCH3 is 1.